The van der Waals surface area contributed by atoms with E-state index in [2.05, 4.69) is 158 Å². The zero-order valence-corrected chi connectivity index (χ0v) is 25.2. The molecule has 0 unspecified atom stereocenters. The van der Waals surface area contributed by atoms with Crippen molar-refractivity contribution >= 4 is 85.4 Å². The van der Waals surface area contributed by atoms with Gasteiger partial charge in [-0.25, -0.2) is 0 Å². The number of rotatable bonds is 2. The topological polar surface area (TPSA) is 0 Å². The van der Waals surface area contributed by atoms with E-state index < -0.39 is 0 Å². The molecule has 0 fully saturated rings. The van der Waals surface area contributed by atoms with Gasteiger partial charge in [-0.15, -0.1) is 11.3 Å². The Balaban J connectivity index is 1.11. The van der Waals surface area contributed by atoms with Gasteiger partial charge in [0.25, 0.3) is 0 Å². The van der Waals surface area contributed by atoms with Crippen molar-refractivity contribution in [2.75, 3.05) is 0 Å². The summed E-state index contributed by atoms with van der Waals surface area (Å²) in [5.41, 5.74) is 4.97. The molecular formula is C44H26S. The van der Waals surface area contributed by atoms with Gasteiger partial charge in [0, 0.05) is 25.6 Å². The van der Waals surface area contributed by atoms with E-state index in [1.165, 1.54) is 96.3 Å². The lowest BCUT2D eigenvalue weighted by Gasteiger charge is -2.12. The van der Waals surface area contributed by atoms with E-state index in [0.29, 0.717) is 0 Å². The lowest BCUT2D eigenvalue weighted by molar-refractivity contribution is 1.62. The zero-order chi connectivity index (χ0) is 29.5. The summed E-state index contributed by atoms with van der Waals surface area (Å²) in [5, 5.41) is 15.9. The number of benzene rings is 9. The van der Waals surface area contributed by atoms with Crippen molar-refractivity contribution < 1.29 is 0 Å². The predicted octanol–water partition coefficient (Wildman–Crippen LogP) is 13.2. The molecule has 1 heteroatoms. The van der Waals surface area contributed by atoms with Gasteiger partial charge in [-0.2, -0.15) is 0 Å². The first kappa shape index (κ1) is 24.9. The Morgan fingerprint density at radius 3 is 1.22 bits per heavy atom. The maximum atomic E-state index is 2.40. The molecule has 10 aromatic rings. The second kappa shape index (κ2) is 9.50. The Labute approximate surface area is 264 Å². The van der Waals surface area contributed by atoms with Gasteiger partial charge in [0.15, 0.2) is 0 Å². The molecule has 0 saturated carbocycles. The minimum Gasteiger partial charge on any atom is -0.135 e. The number of hydrogen-bond acceptors (Lipinski definition) is 1. The van der Waals surface area contributed by atoms with Crippen LogP contribution in [0.1, 0.15) is 0 Å². The number of hydrogen-bond donors (Lipinski definition) is 0. The Kier molecular flexibility index (Phi) is 5.25. The average molecular weight is 587 g/mol. The van der Waals surface area contributed by atoms with Crippen molar-refractivity contribution in [3.05, 3.63) is 158 Å². The highest BCUT2D eigenvalue weighted by molar-refractivity contribution is 7.27. The standard InChI is InChI=1S/C44H26S/c1-2-11-33-31(9-1)32-10-3-4-14-36(32)40-25-29(21-23-37(33)40)27-17-19-28(20-18-27)30-22-24-42-41(26-30)43-38-15-7-5-12-34(38)35-13-6-8-16-39(35)44(43)45-42/h1-26H. The summed E-state index contributed by atoms with van der Waals surface area (Å²) in [6, 6.07) is 58.3. The molecule has 0 nitrogen and oxygen atoms in total. The Hall–Kier alpha value is -5.50. The third-order valence-electron chi connectivity index (χ3n) is 9.64. The first-order chi connectivity index (χ1) is 22.3. The molecule has 0 radical (unpaired) electrons. The van der Waals surface area contributed by atoms with Crippen LogP contribution in [0.15, 0.2) is 158 Å². The maximum Gasteiger partial charge on any atom is 0.0440 e. The van der Waals surface area contributed by atoms with Crippen molar-refractivity contribution in [3.63, 3.8) is 0 Å². The van der Waals surface area contributed by atoms with Crippen LogP contribution in [-0.4, -0.2) is 0 Å². The fraction of sp³-hybridized carbons (Fsp3) is 0. The molecular weight excluding hydrogens is 561 g/mol. The highest BCUT2D eigenvalue weighted by Gasteiger charge is 2.15. The Bertz CT molecular complexity index is 2760. The molecule has 1 aromatic heterocycles. The van der Waals surface area contributed by atoms with Crippen molar-refractivity contribution in [2.45, 2.75) is 0 Å². The second-order valence-corrected chi connectivity index (χ2v) is 13.1. The fourth-order valence-corrected chi connectivity index (χ4v) is 8.77. The highest BCUT2D eigenvalue weighted by atomic mass is 32.1. The molecule has 0 amide bonds. The molecule has 0 spiro atoms. The van der Waals surface area contributed by atoms with Crippen molar-refractivity contribution in [2.24, 2.45) is 0 Å². The molecule has 0 bridgehead atoms. The van der Waals surface area contributed by atoms with Crippen LogP contribution in [0.4, 0.5) is 0 Å². The Morgan fingerprint density at radius 1 is 0.267 bits per heavy atom. The normalized spacial score (nSPS) is 12.0. The van der Waals surface area contributed by atoms with E-state index in [1.54, 1.807) is 0 Å². The quantitative estimate of drug-likeness (QED) is 0.177. The smallest absolute Gasteiger partial charge is 0.0440 e. The van der Waals surface area contributed by atoms with Gasteiger partial charge in [-0.3, -0.25) is 0 Å². The van der Waals surface area contributed by atoms with Crippen molar-refractivity contribution in [1.29, 1.82) is 0 Å². The Morgan fingerprint density at radius 2 is 0.644 bits per heavy atom. The molecule has 0 aliphatic rings. The van der Waals surface area contributed by atoms with Crippen LogP contribution < -0.4 is 0 Å². The maximum absolute atomic E-state index is 2.40. The number of thiophene rings is 1. The van der Waals surface area contributed by atoms with E-state index in [0.717, 1.165) is 0 Å². The van der Waals surface area contributed by atoms with Gasteiger partial charge < -0.3 is 0 Å². The largest absolute Gasteiger partial charge is 0.135 e. The summed E-state index contributed by atoms with van der Waals surface area (Å²) >= 11 is 1.91. The third-order valence-corrected chi connectivity index (χ3v) is 10.8. The van der Waals surface area contributed by atoms with Crippen molar-refractivity contribution in [1.82, 2.24) is 0 Å². The van der Waals surface area contributed by atoms with E-state index in [-0.39, 0.29) is 0 Å². The summed E-state index contributed by atoms with van der Waals surface area (Å²) in [7, 11) is 0. The monoisotopic (exact) mass is 586 g/mol. The van der Waals surface area contributed by atoms with Crippen LogP contribution >= 0.6 is 11.3 Å². The van der Waals surface area contributed by atoms with Gasteiger partial charge in [0.2, 0.25) is 0 Å². The van der Waals surface area contributed by atoms with Crippen LogP contribution in [0.25, 0.3) is 96.3 Å². The lowest BCUT2D eigenvalue weighted by atomic mass is 9.91. The van der Waals surface area contributed by atoms with E-state index in [9.17, 15) is 0 Å². The van der Waals surface area contributed by atoms with Crippen molar-refractivity contribution in [3.8, 4) is 22.3 Å². The molecule has 0 N–H and O–H groups in total. The lowest BCUT2D eigenvalue weighted by Crippen LogP contribution is -1.85. The van der Waals surface area contributed by atoms with Crippen LogP contribution in [-0.2, 0) is 0 Å². The van der Waals surface area contributed by atoms with Gasteiger partial charge >= 0.3 is 0 Å². The molecule has 0 atom stereocenters. The van der Waals surface area contributed by atoms with Crippen LogP contribution in [0.5, 0.6) is 0 Å². The van der Waals surface area contributed by atoms with Crippen LogP contribution in [0.3, 0.4) is 0 Å². The summed E-state index contributed by atoms with van der Waals surface area (Å²) in [6.07, 6.45) is 0. The summed E-state index contributed by atoms with van der Waals surface area (Å²) in [5.74, 6) is 0. The van der Waals surface area contributed by atoms with Gasteiger partial charge in [0.1, 0.15) is 0 Å². The minimum atomic E-state index is 1.23. The van der Waals surface area contributed by atoms with Gasteiger partial charge in [-0.05, 0) is 88.9 Å². The highest BCUT2D eigenvalue weighted by Crippen LogP contribution is 2.45. The van der Waals surface area contributed by atoms with Crippen LogP contribution in [0.2, 0.25) is 0 Å². The first-order valence-corrected chi connectivity index (χ1v) is 16.3. The molecule has 10 rings (SSSR count). The first-order valence-electron chi connectivity index (χ1n) is 15.5. The minimum absolute atomic E-state index is 1.23. The predicted molar refractivity (Wildman–Crippen MR) is 198 cm³/mol. The summed E-state index contributed by atoms with van der Waals surface area (Å²) < 4.78 is 2.71. The third kappa shape index (κ3) is 3.65. The summed E-state index contributed by atoms with van der Waals surface area (Å²) in [6.45, 7) is 0. The molecule has 0 aliphatic carbocycles. The zero-order valence-electron chi connectivity index (χ0n) is 24.4. The van der Waals surface area contributed by atoms with Gasteiger partial charge in [0.05, 0.1) is 0 Å². The van der Waals surface area contributed by atoms with Gasteiger partial charge in [-0.1, -0.05) is 140 Å². The molecule has 208 valence electrons. The SMILES string of the molecule is c1ccc2c(c1)c1ccccc1c1cc(-c3ccc(-c4ccc5sc6c7ccccc7c7ccccc7c6c5c4)cc3)ccc21. The molecule has 0 saturated heterocycles. The van der Waals surface area contributed by atoms with E-state index in [1.807, 2.05) is 11.3 Å². The van der Waals surface area contributed by atoms with E-state index >= 15 is 0 Å². The molecule has 45 heavy (non-hydrogen) atoms. The molecule has 9 aromatic carbocycles. The second-order valence-electron chi connectivity index (χ2n) is 12.0. The molecule has 1 heterocycles. The van der Waals surface area contributed by atoms with E-state index in [4.69, 9.17) is 0 Å². The summed E-state index contributed by atoms with van der Waals surface area (Å²) in [4.78, 5) is 0. The van der Waals surface area contributed by atoms with Crippen LogP contribution in [0, 0.1) is 0 Å². The molecule has 0 aliphatic heterocycles. The number of fused-ring (bicyclic) bond motifs is 14. The average Bonchev–Trinajstić information content (AvgIpc) is 3.51. The fourth-order valence-electron chi connectivity index (χ4n) is 7.53.